The molecule has 6 nitrogen and oxygen atoms in total. The van der Waals surface area contributed by atoms with Crippen LogP contribution in [0.15, 0.2) is 58.9 Å². The molecule has 2 N–H and O–H groups in total. The Balaban J connectivity index is 1.53. The number of hydrogen-bond acceptors (Lipinski definition) is 4. The van der Waals surface area contributed by atoms with Crippen LogP contribution in [0.2, 0.25) is 0 Å². The van der Waals surface area contributed by atoms with Crippen molar-refractivity contribution < 1.29 is 4.79 Å². The van der Waals surface area contributed by atoms with E-state index >= 15 is 0 Å². The Kier molecular flexibility index (Phi) is 8.39. The highest BCUT2D eigenvalue weighted by Gasteiger charge is 2.08. The Morgan fingerprint density at radius 2 is 1.78 bits per heavy atom. The van der Waals surface area contributed by atoms with E-state index in [0.29, 0.717) is 12.1 Å². The van der Waals surface area contributed by atoms with E-state index in [1.807, 2.05) is 31.2 Å². The minimum absolute atomic E-state index is 0.00244. The zero-order valence-electron chi connectivity index (χ0n) is 19.2. The third kappa shape index (κ3) is 6.65. The van der Waals surface area contributed by atoms with Crippen LogP contribution in [0.1, 0.15) is 34.1 Å². The van der Waals surface area contributed by atoms with Crippen molar-refractivity contribution in [3.05, 3.63) is 76.3 Å². The number of carbonyl (C=O) groups is 1. The molecule has 3 aromatic rings. The van der Waals surface area contributed by atoms with Gasteiger partial charge < -0.3 is 15.5 Å². The Morgan fingerprint density at radius 1 is 1.06 bits per heavy atom. The summed E-state index contributed by atoms with van der Waals surface area (Å²) in [5, 5.41) is 9.84. The standard InChI is InChI=1S/C25H31N5OS/c1-5-26-25(28-16-19-8-12-21(13-9-19)24(31)30(3)4)27-15-14-22-17-32-23(29-22)20-10-6-18(2)7-11-20/h6-13,17H,5,14-16H2,1-4H3,(H2,26,27,28). The lowest BCUT2D eigenvalue weighted by Gasteiger charge is -2.11. The average Bonchev–Trinajstić information content (AvgIpc) is 3.26. The lowest BCUT2D eigenvalue weighted by molar-refractivity contribution is 0.0827. The molecule has 1 amide bonds. The molecule has 2 aromatic carbocycles. The molecule has 0 spiro atoms. The highest BCUT2D eigenvalue weighted by molar-refractivity contribution is 7.13. The Morgan fingerprint density at radius 3 is 2.44 bits per heavy atom. The zero-order valence-corrected chi connectivity index (χ0v) is 20.0. The van der Waals surface area contributed by atoms with Gasteiger partial charge in [0.2, 0.25) is 0 Å². The molecule has 0 radical (unpaired) electrons. The number of aromatic nitrogens is 1. The zero-order chi connectivity index (χ0) is 22.9. The first-order valence-corrected chi connectivity index (χ1v) is 11.7. The van der Waals surface area contributed by atoms with E-state index in [9.17, 15) is 4.79 Å². The van der Waals surface area contributed by atoms with E-state index in [1.165, 1.54) is 5.56 Å². The lowest BCUT2D eigenvalue weighted by atomic mass is 10.1. The molecule has 0 unspecified atom stereocenters. The van der Waals surface area contributed by atoms with E-state index in [1.54, 1.807) is 30.3 Å². The van der Waals surface area contributed by atoms with Crippen molar-refractivity contribution in [2.45, 2.75) is 26.8 Å². The molecule has 1 heterocycles. The smallest absolute Gasteiger partial charge is 0.253 e. The molecule has 0 saturated carbocycles. The number of thiazole rings is 1. The summed E-state index contributed by atoms with van der Waals surface area (Å²) in [4.78, 5) is 23.0. The number of carbonyl (C=O) groups excluding carboxylic acids is 1. The van der Waals surface area contributed by atoms with E-state index in [0.717, 1.165) is 47.3 Å². The number of amides is 1. The predicted octanol–water partition coefficient (Wildman–Crippen LogP) is 4.12. The monoisotopic (exact) mass is 449 g/mol. The summed E-state index contributed by atoms with van der Waals surface area (Å²) in [6.07, 6.45) is 0.827. The van der Waals surface area contributed by atoms with Gasteiger partial charge in [0.1, 0.15) is 5.01 Å². The van der Waals surface area contributed by atoms with Crippen LogP contribution in [0.25, 0.3) is 10.6 Å². The SMILES string of the molecule is CCNC(=NCc1ccc(C(=O)N(C)C)cc1)NCCc1csc(-c2ccc(C)cc2)n1. The van der Waals surface area contributed by atoms with E-state index < -0.39 is 0 Å². The fraction of sp³-hybridized carbons (Fsp3) is 0.320. The van der Waals surface area contributed by atoms with Crippen molar-refractivity contribution in [3.63, 3.8) is 0 Å². The maximum Gasteiger partial charge on any atom is 0.253 e. The number of aliphatic imine (C=N–C) groups is 1. The van der Waals surface area contributed by atoms with Crippen molar-refractivity contribution in [1.82, 2.24) is 20.5 Å². The van der Waals surface area contributed by atoms with Crippen molar-refractivity contribution >= 4 is 23.2 Å². The summed E-state index contributed by atoms with van der Waals surface area (Å²) in [5.74, 6) is 0.776. The summed E-state index contributed by atoms with van der Waals surface area (Å²) in [6, 6.07) is 16.1. The van der Waals surface area contributed by atoms with Crippen molar-refractivity contribution in [1.29, 1.82) is 0 Å². The summed E-state index contributed by atoms with van der Waals surface area (Å²) in [5.41, 5.74) is 5.23. The van der Waals surface area contributed by atoms with Crippen LogP contribution in [-0.2, 0) is 13.0 Å². The first-order valence-electron chi connectivity index (χ1n) is 10.8. The fourth-order valence-corrected chi connectivity index (χ4v) is 3.94. The van der Waals surface area contributed by atoms with Crippen molar-refractivity contribution in [2.24, 2.45) is 4.99 Å². The first kappa shape index (κ1) is 23.5. The average molecular weight is 450 g/mol. The van der Waals surface area contributed by atoms with Gasteiger partial charge in [0.25, 0.3) is 5.91 Å². The molecule has 168 valence electrons. The van der Waals surface area contributed by atoms with Crippen LogP contribution in [0.4, 0.5) is 0 Å². The van der Waals surface area contributed by atoms with Crippen LogP contribution >= 0.6 is 11.3 Å². The molecule has 7 heteroatoms. The summed E-state index contributed by atoms with van der Waals surface area (Å²) < 4.78 is 0. The van der Waals surface area contributed by atoms with Gasteiger partial charge in [-0.15, -0.1) is 11.3 Å². The Bertz CT molecular complexity index is 1040. The number of nitrogens with one attached hydrogen (secondary N) is 2. The molecule has 0 aliphatic carbocycles. The van der Waals surface area contributed by atoms with Crippen LogP contribution in [0, 0.1) is 6.92 Å². The van der Waals surface area contributed by atoms with Gasteiger partial charge >= 0.3 is 0 Å². The minimum atomic E-state index is 0.00244. The van der Waals surface area contributed by atoms with Gasteiger partial charge in [0, 0.05) is 50.1 Å². The molecule has 1 aromatic heterocycles. The van der Waals surface area contributed by atoms with Crippen LogP contribution in [0.3, 0.4) is 0 Å². The summed E-state index contributed by atoms with van der Waals surface area (Å²) >= 11 is 1.68. The van der Waals surface area contributed by atoms with Crippen molar-refractivity contribution in [3.8, 4) is 10.6 Å². The van der Waals surface area contributed by atoms with Crippen LogP contribution in [0.5, 0.6) is 0 Å². The molecule has 0 bridgehead atoms. The molecular weight excluding hydrogens is 418 g/mol. The summed E-state index contributed by atoms with van der Waals surface area (Å²) in [7, 11) is 3.51. The Hall–Kier alpha value is -3.19. The summed E-state index contributed by atoms with van der Waals surface area (Å²) in [6.45, 7) is 6.22. The van der Waals surface area contributed by atoms with Gasteiger partial charge in [0.15, 0.2) is 5.96 Å². The molecule has 3 rings (SSSR count). The normalized spacial score (nSPS) is 11.3. The third-order valence-electron chi connectivity index (χ3n) is 4.89. The van der Waals surface area contributed by atoms with Crippen molar-refractivity contribution in [2.75, 3.05) is 27.2 Å². The predicted molar refractivity (Wildman–Crippen MR) is 133 cm³/mol. The van der Waals surface area contributed by atoms with Gasteiger partial charge in [-0.3, -0.25) is 4.79 Å². The molecular formula is C25H31N5OS. The third-order valence-corrected chi connectivity index (χ3v) is 5.84. The lowest BCUT2D eigenvalue weighted by Crippen LogP contribution is -2.38. The maximum absolute atomic E-state index is 12.0. The molecule has 0 saturated heterocycles. The van der Waals surface area contributed by atoms with Crippen LogP contribution in [-0.4, -0.2) is 48.9 Å². The first-order chi connectivity index (χ1) is 15.5. The second-order valence-electron chi connectivity index (χ2n) is 7.78. The molecule has 32 heavy (non-hydrogen) atoms. The maximum atomic E-state index is 12.0. The largest absolute Gasteiger partial charge is 0.357 e. The molecule has 0 aliphatic rings. The van der Waals surface area contributed by atoms with Gasteiger partial charge in [0.05, 0.1) is 12.2 Å². The number of nitrogens with zero attached hydrogens (tertiary/aromatic N) is 3. The fourth-order valence-electron chi connectivity index (χ4n) is 3.08. The number of aryl methyl sites for hydroxylation is 1. The molecule has 0 atom stereocenters. The highest BCUT2D eigenvalue weighted by Crippen LogP contribution is 2.24. The topological polar surface area (TPSA) is 69.6 Å². The van der Waals surface area contributed by atoms with Gasteiger partial charge in [-0.2, -0.15) is 0 Å². The Labute approximate surface area is 194 Å². The quantitative estimate of drug-likeness (QED) is 0.401. The molecule has 0 fully saturated rings. The van der Waals surface area contributed by atoms with E-state index in [-0.39, 0.29) is 5.91 Å². The second kappa shape index (κ2) is 11.4. The number of benzene rings is 2. The van der Waals surface area contributed by atoms with Gasteiger partial charge in [-0.25, -0.2) is 9.98 Å². The second-order valence-corrected chi connectivity index (χ2v) is 8.64. The number of hydrogen-bond donors (Lipinski definition) is 2. The number of rotatable bonds is 8. The van der Waals surface area contributed by atoms with Gasteiger partial charge in [-0.05, 0) is 31.5 Å². The molecule has 0 aliphatic heterocycles. The van der Waals surface area contributed by atoms with E-state index in [4.69, 9.17) is 4.98 Å². The minimum Gasteiger partial charge on any atom is -0.357 e. The van der Waals surface area contributed by atoms with Crippen LogP contribution < -0.4 is 10.6 Å². The highest BCUT2D eigenvalue weighted by atomic mass is 32.1. The number of guanidine groups is 1. The van der Waals surface area contributed by atoms with E-state index in [2.05, 4.69) is 52.2 Å². The van der Waals surface area contributed by atoms with Gasteiger partial charge in [-0.1, -0.05) is 42.0 Å².